The molecule has 0 unspecified atom stereocenters. The van der Waals surface area contributed by atoms with Crippen LogP contribution in [0.25, 0.3) is 0 Å². The van der Waals surface area contributed by atoms with Gasteiger partial charge in [-0.3, -0.25) is 19.2 Å². The third kappa shape index (κ3) is 6.44. The molecule has 0 aromatic heterocycles. The van der Waals surface area contributed by atoms with Crippen molar-refractivity contribution in [2.45, 2.75) is 195 Å². The molecule has 2 saturated heterocycles. The Bertz CT molecular complexity index is 2170. The van der Waals surface area contributed by atoms with Gasteiger partial charge in [-0.2, -0.15) is 0 Å². The summed E-state index contributed by atoms with van der Waals surface area (Å²) in [5, 5.41) is 13.0. The van der Waals surface area contributed by atoms with Gasteiger partial charge in [-0.25, -0.2) is 4.79 Å². The second-order valence-corrected chi connectivity index (χ2v) is 23.7. The van der Waals surface area contributed by atoms with E-state index in [0.29, 0.717) is 42.3 Å². The van der Waals surface area contributed by atoms with Crippen molar-refractivity contribution in [3.05, 3.63) is 34.4 Å². The summed E-state index contributed by atoms with van der Waals surface area (Å²) < 4.78 is 53.2. The molecule has 3 heterocycles. The predicted octanol–water partition coefficient (Wildman–Crippen LogP) is 7.14. The van der Waals surface area contributed by atoms with Gasteiger partial charge in [0.2, 0.25) is 0 Å². The van der Waals surface area contributed by atoms with Crippen molar-refractivity contribution in [1.82, 2.24) is 0 Å². The minimum Gasteiger partial charge on any atom is -0.459 e. The molecule has 14 heteroatoms. The van der Waals surface area contributed by atoms with Crippen LogP contribution in [0.15, 0.2) is 34.4 Å². The van der Waals surface area contributed by atoms with Crippen LogP contribution >= 0.6 is 0 Å². The number of cyclic esters (lactones) is 1. The van der Waals surface area contributed by atoms with E-state index >= 15 is 0 Å². The van der Waals surface area contributed by atoms with E-state index in [1.165, 1.54) is 20.8 Å². The quantitative estimate of drug-likeness (QED) is 0.118. The average Bonchev–Trinajstić information content (AvgIpc) is 3.83. The van der Waals surface area contributed by atoms with Crippen LogP contribution in [0.1, 0.15) is 141 Å². The molecule has 6 aliphatic carbocycles. The van der Waals surface area contributed by atoms with Crippen LogP contribution in [0.2, 0.25) is 0 Å². The van der Waals surface area contributed by atoms with E-state index in [1.807, 2.05) is 13.0 Å². The molecule has 1 N–H and O–H groups in total. The van der Waals surface area contributed by atoms with Crippen molar-refractivity contribution >= 4 is 30.2 Å². The maximum Gasteiger partial charge on any atom is 0.335 e. The third-order valence-electron chi connectivity index (χ3n) is 18.5. The number of aliphatic hydroxyl groups is 1. The molecule has 0 aromatic rings. The van der Waals surface area contributed by atoms with E-state index in [0.717, 1.165) is 38.5 Å². The summed E-state index contributed by atoms with van der Waals surface area (Å²) in [7, 11) is 0. The highest BCUT2D eigenvalue weighted by Gasteiger charge is 2.78. The van der Waals surface area contributed by atoms with Crippen LogP contribution in [-0.2, 0) is 61.9 Å². The minimum atomic E-state index is -2.09. The lowest BCUT2D eigenvalue weighted by Gasteiger charge is -2.61. The lowest BCUT2D eigenvalue weighted by atomic mass is 9.46. The van der Waals surface area contributed by atoms with Crippen molar-refractivity contribution in [2.24, 2.45) is 50.2 Å². The van der Waals surface area contributed by atoms with E-state index in [1.54, 1.807) is 6.08 Å². The molecule has 3 saturated carbocycles. The first-order valence-corrected chi connectivity index (χ1v) is 23.9. The standard InChI is InChI=1S/C51H70O14/c1-26(53)59-32-22-30(50(57,25-52)48(11)20-14-17-44(4,5)37(32)48)42-64-43-51(65-42)31(23-33(60-27(2)54)38-45(6,7)18-15-21-49(38,51)12)41(63-43)62-35-29-24-58-40(56)34(29)47(10)19-13-16-46(8,9)39(47)36(35)61-28(3)55/h22-23,25,32-33,35-39,41-43,57H,13-21,24H2,1-12H3/t32-,33-,35-,36+,37-,38-,39-,41-,42+,43-,47+,48-,49-,50+,51-/m0/s1. The summed E-state index contributed by atoms with van der Waals surface area (Å²) in [4.78, 5) is 66.4. The maximum atomic E-state index is 13.8. The molecule has 9 aliphatic rings. The van der Waals surface area contributed by atoms with Crippen molar-refractivity contribution in [3.8, 4) is 0 Å². The first kappa shape index (κ1) is 46.7. The van der Waals surface area contributed by atoms with Gasteiger partial charge < -0.3 is 43.0 Å². The monoisotopic (exact) mass is 906 g/mol. The Morgan fingerprint density at radius 3 is 1.78 bits per heavy atom. The van der Waals surface area contributed by atoms with Gasteiger partial charge in [-0.05, 0) is 66.9 Å². The Labute approximate surface area is 382 Å². The highest BCUT2D eigenvalue weighted by Crippen LogP contribution is 2.71. The van der Waals surface area contributed by atoms with Crippen molar-refractivity contribution < 1.29 is 67.0 Å². The number of rotatable bonds is 7. The van der Waals surface area contributed by atoms with Crippen molar-refractivity contribution in [3.63, 3.8) is 0 Å². The molecular weight excluding hydrogens is 837 g/mol. The summed E-state index contributed by atoms with van der Waals surface area (Å²) >= 11 is 0. The zero-order valence-electron chi connectivity index (χ0n) is 40.3. The number of carbonyl (C=O) groups excluding carboxylic acids is 5. The van der Waals surface area contributed by atoms with Crippen LogP contribution < -0.4 is 0 Å². The van der Waals surface area contributed by atoms with E-state index in [-0.39, 0.29) is 34.8 Å². The number of hydrogen-bond acceptors (Lipinski definition) is 14. The number of carbonyl (C=O) groups is 5. The van der Waals surface area contributed by atoms with E-state index in [4.69, 9.17) is 37.9 Å². The Morgan fingerprint density at radius 1 is 0.692 bits per heavy atom. The van der Waals surface area contributed by atoms with Crippen LogP contribution in [0.3, 0.4) is 0 Å². The Balaban J connectivity index is 1.21. The fourth-order valence-corrected chi connectivity index (χ4v) is 16.4. The van der Waals surface area contributed by atoms with Gasteiger partial charge >= 0.3 is 23.9 Å². The molecule has 358 valence electrons. The van der Waals surface area contributed by atoms with Gasteiger partial charge in [0, 0.05) is 77.1 Å². The Hall–Kier alpha value is -3.43. The average molecular weight is 907 g/mol. The minimum absolute atomic E-state index is 0.0443. The lowest BCUT2D eigenvalue weighted by Crippen LogP contribution is -2.67. The summed E-state index contributed by atoms with van der Waals surface area (Å²) in [5.74, 6) is -2.93. The van der Waals surface area contributed by atoms with Gasteiger partial charge in [-0.1, -0.05) is 81.6 Å². The van der Waals surface area contributed by atoms with Crippen molar-refractivity contribution in [1.29, 1.82) is 0 Å². The highest BCUT2D eigenvalue weighted by atomic mass is 16.9. The predicted molar refractivity (Wildman–Crippen MR) is 232 cm³/mol. The normalized spacial score (nSPS) is 46.4. The van der Waals surface area contributed by atoms with Gasteiger partial charge in [0.15, 0.2) is 36.4 Å². The van der Waals surface area contributed by atoms with Crippen LogP contribution in [0.4, 0.5) is 0 Å². The zero-order chi connectivity index (χ0) is 47.2. The van der Waals surface area contributed by atoms with E-state index in [9.17, 15) is 29.1 Å². The maximum absolute atomic E-state index is 13.8. The molecule has 5 fully saturated rings. The first-order valence-electron chi connectivity index (χ1n) is 23.9. The number of esters is 4. The SMILES string of the molecule is CC(=O)O[C@@H]1[C@@H](O[C@H]2O[C@H]3O[C@@H](C4=C[C@H](OC(C)=O)[C@H]5C(C)(C)CCC[C@]5(C)[C@@]4(O)C=O)O[C@@]34C2=C[C@H](OC(C)=O)[C@H]2C(C)(C)CCC[C@@]24C)C2=C(C(=O)OC2)[C@@]2(C)CCCC(C)(C)[C@H]12. The number of aldehydes is 1. The Morgan fingerprint density at radius 2 is 1.22 bits per heavy atom. The number of hydrogen-bond donors (Lipinski definition) is 1. The van der Waals surface area contributed by atoms with Crippen molar-refractivity contribution in [2.75, 3.05) is 6.61 Å². The fraction of sp³-hybridized carbons (Fsp3) is 0.784. The Kier molecular flexibility index (Phi) is 10.8. The molecule has 0 amide bonds. The summed E-state index contributed by atoms with van der Waals surface area (Å²) in [6.45, 7) is 22.9. The zero-order valence-corrected chi connectivity index (χ0v) is 40.3. The van der Waals surface area contributed by atoms with Gasteiger partial charge in [0.25, 0.3) is 0 Å². The molecule has 65 heavy (non-hydrogen) atoms. The number of ether oxygens (including phenoxy) is 8. The second kappa shape index (κ2) is 15.0. The van der Waals surface area contributed by atoms with Gasteiger partial charge in [0.1, 0.15) is 31.0 Å². The smallest absolute Gasteiger partial charge is 0.335 e. The topological polar surface area (TPSA) is 179 Å². The summed E-state index contributed by atoms with van der Waals surface area (Å²) in [5.41, 5.74) is -5.56. The van der Waals surface area contributed by atoms with Crippen LogP contribution in [-0.4, -0.2) is 96.4 Å². The third-order valence-corrected chi connectivity index (χ3v) is 18.5. The molecule has 0 bridgehead atoms. The van der Waals surface area contributed by atoms with E-state index in [2.05, 4.69) is 55.4 Å². The lowest BCUT2D eigenvalue weighted by molar-refractivity contribution is -0.243. The van der Waals surface area contributed by atoms with Crippen LogP contribution in [0.5, 0.6) is 0 Å². The van der Waals surface area contributed by atoms with Crippen LogP contribution in [0, 0.1) is 50.2 Å². The van der Waals surface area contributed by atoms with Gasteiger partial charge in [-0.15, -0.1) is 0 Å². The highest BCUT2D eigenvalue weighted by molar-refractivity contribution is 5.94. The largest absolute Gasteiger partial charge is 0.459 e. The molecule has 0 aromatic carbocycles. The molecule has 9 rings (SSSR count). The molecule has 0 radical (unpaired) electrons. The second-order valence-electron chi connectivity index (χ2n) is 23.7. The molecule has 3 aliphatic heterocycles. The first-order chi connectivity index (χ1) is 30.2. The summed E-state index contributed by atoms with van der Waals surface area (Å²) in [6.07, 6.45) is 3.64. The van der Waals surface area contributed by atoms with E-state index < -0.39 is 106 Å². The fourth-order valence-electron chi connectivity index (χ4n) is 16.4. The molecule has 14 nitrogen and oxygen atoms in total. The molecule has 15 atom stereocenters. The van der Waals surface area contributed by atoms with Gasteiger partial charge in [0.05, 0.1) is 0 Å². The summed E-state index contributed by atoms with van der Waals surface area (Å²) in [6, 6.07) is 0. The molecule has 1 spiro atoms. The molecular formula is C51H70O14. The number of fused-ring (bicyclic) bond motifs is 4.